The van der Waals surface area contributed by atoms with E-state index in [1.807, 2.05) is 25.2 Å². The fourth-order valence-corrected chi connectivity index (χ4v) is 0.645. The first-order chi connectivity index (χ1) is 3.93. The van der Waals surface area contributed by atoms with Gasteiger partial charge in [0.25, 0.3) is 0 Å². The van der Waals surface area contributed by atoms with Crippen molar-refractivity contribution in [3.63, 3.8) is 0 Å². The van der Waals surface area contributed by atoms with Crippen molar-refractivity contribution in [3.05, 3.63) is 42.4 Å². The summed E-state index contributed by atoms with van der Waals surface area (Å²) in [4.78, 5) is 0. The molecular formula is C8H9ClZn-. The minimum absolute atomic E-state index is 0. The Balaban J connectivity index is 0. The van der Waals surface area contributed by atoms with Gasteiger partial charge in [-0.3, -0.25) is 0 Å². The first-order valence-electron chi connectivity index (χ1n) is 2.78. The van der Waals surface area contributed by atoms with Crippen LogP contribution in [-0.4, -0.2) is 0 Å². The molecule has 10 heavy (non-hydrogen) atoms. The molecule has 0 saturated heterocycles. The van der Waals surface area contributed by atoms with Crippen LogP contribution in [0.2, 0.25) is 0 Å². The van der Waals surface area contributed by atoms with E-state index in [1.165, 1.54) is 5.57 Å². The van der Waals surface area contributed by atoms with Crippen LogP contribution in [0.15, 0.2) is 36.0 Å². The minimum atomic E-state index is 0. The van der Waals surface area contributed by atoms with Gasteiger partial charge in [0.05, 0.1) is 0 Å². The number of halogens is 1. The van der Waals surface area contributed by atoms with Gasteiger partial charge >= 0.3 is 0 Å². The van der Waals surface area contributed by atoms with Gasteiger partial charge in [-0.1, -0.05) is 30.4 Å². The molecule has 0 bridgehead atoms. The van der Waals surface area contributed by atoms with Crippen molar-refractivity contribution in [3.8, 4) is 0 Å². The number of hydrogen-bond donors (Lipinski definition) is 0. The van der Waals surface area contributed by atoms with Gasteiger partial charge in [0.15, 0.2) is 0 Å². The third-order valence-electron chi connectivity index (χ3n) is 1.13. The van der Waals surface area contributed by atoms with Gasteiger partial charge in [0.1, 0.15) is 0 Å². The molecule has 0 fully saturated rings. The molecule has 0 heterocycles. The van der Waals surface area contributed by atoms with E-state index in [1.54, 1.807) is 0 Å². The summed E-state index contributed by atoms with van der Waals surface area (Å²) in [5.74, 6) is 0. The average Bonchev–Trinajstić information content (AvgIpc) is 1.90. The minimum Gasteiger partial charge on any atom is -1.00 e. The standard InChI is InChI=1S/C8H9.ClH.Zn/c1-2-8-6-4-3-5-7-8;;/h2-7H,1H3;1H;/p-1. The van der Waals surface area contributed by atoms with E-state index in [0.29, 0.717) is 0 Å². The fraction of sp³-hybridized carbons (Fsp3) is 0.125. The predicted molar refractivity (Wildman–Crippen MR) is 36.3 cm³/mol. The molecule has 0 aromatic heterocycles. The molecule has 0 unspecified atom stereocenters. The van der Waals surface area contributed by atoms with Crippen LogP contribution in [-0.2, 0) is 19.5 Å². The van der Waals surface area contributed by atoms with Crippen molar-refractivity contribution >= 4 is 0 Å². The van der Waals surface area contributed by atoms with Crippen molar-refractivity contribution < 1.29 is 31.9 Å². The summed E-state index contributed by atoms with van der Waals surface area (Å²) < 4.78 is 0. The second-order valence-corrected chi connectivity index (χ2v) is 1.70. The first-order valence-corrected chi connectivity index (χ1v) is 2.78. The summed E-state index contributed by atoms with van der Waals surface area (Å²) in [5, 5.41) is 0. The predicted octanol–water partition coefficient (Wildman–Crippen LogP) is -0.736. The van der Waals surface area contributed by atoms with Crippen LogP contribution in [0.5, 0.6) is 0 Å². The monoisotopic (exact) mass is 204 g/mol. The summed E-state index contributed by atoms with van der Waals surface area (Å²) in [7, 11) is 0. The molecular weight excluding hydrogens is 197 g/mol. The van der Waals surface area contributed by atoms with E-state index in [-0.39, 0.29) is 31.9 Å². The molecule has 0 atom stereocenters. The van der Waals surface area contributed by atoms with Crippen LogP contribution in [0.3, 0.4) is 0 Å². The number of hydrogen-bond acceptors (Lipinski definition) is 0. The van der Waals surface area contributed by atoms with E-state index in [0.717, 1.165) is 0 Å². The zero-order valence-corrected chi connectivity index (χ0v) is 9.77. The second kappa shape index (κ2) is 7.24. The maximum Gasteiger partial charge on any atom is 0.0121 e. The molecule has 0 saturated carbocycles. The molecule has 1 rings (SSSR count). The average molecular weight is 206 g/mol. The molecule has 0 amide bonds. The van der Waals surface area contributed by atoms with E-state index >= 15 is 0 Å². The number of allylic oxidation sites excluding steroid dienone is 6. The van der Waals surface area contributed by atoms with E-state index in [9.17, 15) is 0 Å². The zero-order valence-electron chi connectivity index (χ0n) is 6.05. The van der Waals surface area contributed by atoms with E-state index in [4.69, 9.17) is 0 Å². The van der Waals surface area contributed by atoms with E-state index in [2.05, 4.69) is 18.6 Å². The van der Waals surface area contributed by atoms with Gasteiger partial charge in [-0.25, -0.2) is 0 Å². The normalized spacial score (nSPS) is 17.9. The maximum atomic E-state index is 2.08. The Labute approximate surface area is 81.3 Å². The fourth-order valence-electron chi connectivity index (χ4n) is 0.645. The van der Waals surface area contributed by atoms with Crippen LogP contribution in [0, 0.1) is 6.42 Å². The molecule has 2 heteroatoms. The Morgan fingerprint density at radius 1 is 1.20 bits per heavy atom. The summed E-state index contributed by atoms with van der Waals surface area (Å²) >= 11 is 0. The van der Waals surface area contributed by atoms with Crippen LogP contribution < -0.4 is 12.4 Å². The Bertz CT molecular complexity index is 157. The third-order valence-corrected chi connectivity index (χ3v) is 1.13. The van der Waals surface area contributed by atoms with Crippen LogP contribution in [0.4, 0.5) is 0 Å². The van der Waals surface area contributed by atoms with Crippen LogP contribution in [0.1, 0.15) is 6.92 Å². The molecule has 51 valence electrons. The number of rotatable bonds is 0. The molecule has 0 aromatic carbocycles. The van der Waals surface area contributed by atoms with Gasteiger partial charge in [-0.15, -0.1) is 0 Å². The van der Waals surface area contributed by atoms with Gasteiger partial charge < -0.3 is 12.4 Å². The maximum absolute atomic E-state index is 2.08. The first kappa shape index (κ1) is 12.8. The molecule has 0 nitrogen and oxygen atoms in total. The molecule has 0 spiro atoms. The summed E-state index contributed by atoms with van der Waals surface area (Å²) in [5.41, 5.74) is 1.28. The SMILES string of the molecule is CC=C1[CH]C=CC=C1.[Cl-].[Zn]. The Hall–Kier alpha value is 0.133. The summed E-state index contributed by atoms with van der Waals surface area (Å²) in [6, 6.07) is 0. The Morgan fingerprint density at radius 3 is 2.20 bits per heavy atom. The zero-order chi connectivity index (χ0) is 5.82. The van der Waals surface area contributed by atoms with Gasteiger partial charge in [-0.2, -0.15) is 0 Å². The van der Waals surface area contributed by atoms with Crippen molar-refractivity contribution in [2.24, 2.45) is 0 Å². The molecule has 1 radical (unpaired) electrons. The van der Waals surface area contributed by atoms with Gasteiger partial charge in [0, 0.05) is 25.9 Å². The molecule has 0 aliphatic heterocycles. The smallest absolute Gasteiger partial charge is 0.0121 e. The van der Waals surface area contributed by atoms with Crippen molar-refractivity contribution in [2.45, 2.75) is 6.92 Å². The quantitative estimate of drug-likeness (QED) is 0.458. The second-order valence-electron chi connectivity index (χ2n) is 1.70. The molecule has 0 aromatic rings. The van der Waals surface area contributed by atoms with Gasteiger partial charge in [0.2, 0.25) is 0 Å². The van der Waals surface area contributed by atoms with Crippen LogP contribution >= 0.6 is 0 Å². The Kier molecular flexibility index (Phi) is 9.26. The van der Waals surface area contributed by atoms with Crippen LogP contribution in [0.25, 0.3) is 0 Å². The molecule has 0 N–H and O–H groups in total. The topological polar surface area (TPSA) is 0 Å². The Morgan fingerprint density at radius 2 is 1.90 bits per heavy atom. The van der Waals surface area contributed by atoms with E-state index < -0.39 is 0 Å². The van der Waals surface area contributed by atoms with Gasteiger partial charge in [-0.05, 0) is 12.5 Å². The molecule has 1 aliphatic rings. The van der Waals surface area contributed by atoms with Crippen molar-refractivity contribution in [1.29, 1.82) is 0 Å². The summed E-state index contributed by atoms with van der Waals surface area (Å²) in [6.07, 6.45) is 12.3. The van der Waals surface area contributed by atoms with Crippen molar-refractivity contribution in [2.75, 3.05) is 0 Å². The van der Waals surface area contributed by atoms with Crippen molar-refractivity contribution in [1.82, 2.24) is 0 Å². The molecule has 1 aliphatic carbocycles. The largest absolute Gasteiger partial charge is 1.00 e. The third kappa shape index (κ3) is 4.03. The summed E-state index contributed by atoms with van der Waals surface area (Å²) in [6.45, 7) is 2.04.